The Morgan fingerprint density at radius 3 is 0.515 bits per heavy atom. The molecule has 4 nitrogen and oxygen atoms in total. The molecule has 0 fully saturated rings. The molecule has 0 radical (unpaired) electrons. The van der Waals surface area contributed by atoms with Crippen molar-refractivity contribution in [3.63, 3.8) is 0 Å². The second-order valence-electron chi connectivity index (χ2n) is 14.3. The molecule has 68 heavy (non-hydrogen) atoms. The van der Waals surface area contributed by atoms with Crippen LogP contribution in [0.3, 0.4) is 0 Å². The summed E-state index contributed by atoms with van der Waals surface area (Å²) < 4.78 is 303. The molecule has 0 aliphatic carbocycles. The minimum absolute atomic E-state index is 0.600. The van der Waals surface area contributed by atoms with Gasteiger partial charge in [-0.2, -0.15) is 0 Å². The maximum Gasteiger partial charge on any atom is 0.200 e. The van der Waals surface area contributed by atoms with Gasteiger partial charge in [0.05, 0.1) is 45.0 Å². The zero-order chi connectivity index (χ0) is 49.3. The van der Waals surface area contributed by atoms with Gasteiger partial charge in [0.15, 0.2) is 93.1 Å². The Hall–Kier alpha value is -7.92. The third-order valence-corrected chi connectivity index (χ3v) is 10.6. The second-order valence-corrected chi connectivity index (χ2v) is 14.3. The van der Waals surface area contributed by atoms with E-state index in [1.54, 1.807) is 0 Å². The zero-order valence-corrected chi connectivity index (χ0v) is 32.1. The summed E-state index contributed by atoms with van der Waals surface area (Å²) in [5, 5.41) is 0. The SMILES string of the molecule is Fc1c(F)c(F)c(-c2c3nc(c(-c4c(F)c(F)c(F)c(F)c4F)c4ccc([nH]4)c(-c4c(F)c(F)c(F)c(F)c4F)c4nc(c(-c5c(F)c(F)c(F)c(F)c5F)c5ccc2[nH]5)C=C4)C=C3)c(F)c1F. The maximum atomic E-state index is 15.8. The number of aromatic nitrogens is 4. The molecule has 346 valence electrons. The van der Waals surface area contributed by atoms with Crippen molar-refractivity contribution in [1.29, 1.82) is 0 Å². The number of hydrogen-bond acceptors (Lipinski definition) is 2. The number of halogens is 20. The first-order valence-electron chi connectivity index (χ1n) is 18.3. The number of nitrogens with one attached hydrogen (secondary N) is 2. The van der Waals surface area contributed by atoms with Crippen molar-refractivity contribution in [2.75, 3.05) is 0 Å². The molecule has 0 amide bonds. The van der Waals surface area contributed by atoms with E-state index < -0.39 is 206 Å². The van der Waals surface area contributed by atoms with Gasteiger partial charge in [0, 0.05) is 44.3 Å². The summed E-state index contributed by atoms with van der Waals surface area (Å²) in [6, 6.07) is 2.51. The third kappa shape index (κ3) is 6.39. The number of nitrogens with zero attached hydrogens (tertiary/aromatic N) is 2. The summed E-state index contributed by atoms with van der Waals surface area (Å²) in [5.41, 5.74) is -20.5. The molecule has 0 saturated carbocycles. The Kier molecular flexibility index (Phi) is 10.6. The lowest BCUT2D eigenvalue weighted by atomic mass is 10.0. The molecule has 7 aromatic rings. The van der Waals surface area contributed by atoms with E-state index in [0.717, 1.165) is 0 Å². The fraction of sp³-hybridized carbons (Fsp3) is 0. The lowest BCUT2D eigenvalue weighted by Gasteiger charge is -2.12. The van der Waals surface area contributed by atoms with Crippen LogP contribution in [0.25, 0.3) is 90.9 Å². The largest absolute Gasteiger partial charge is 0.354 e. The first-order valence-corrected chi connectivity index (χ1v) is 18.3. The highest BCUT2D eigenvalue weighted by molar-refractivity contribution is 6.00. The van der Waals surface area contributed by atoms with Gasteiger partial charge >= 0.3 is 0 Å². The summed E-state index contributed by atoms with van der Waals surface area (Å²) in [6.45, 7) is 0. The van der Waals surface area contributed by atoms with Gasteiger partial charge < -0.3 is 9.97 Å². The molecule has 5 heterocycles. The summed E-state index contributed by atoms with van der Waals surface area (Å²) in [6.07, 6.45) is 2.40. The average Bonchev–Trinajstić information content (AvgIpc) is 4.18. The predicted molar refractivity (Wildman–Crippen MR) is 200 cm³/mol. The van der Waals surface area contributed by atoms with Gasteiger partial charge in [-0.05, 0) is 48.6 Å². The van der Waals surface area contributed by atoms with Crippen LogP contribution < -0.4 is 0 Å². The molecule has 3 aromatic heterocycles. The molecule has 24 heteroatoms. The lowest BCUT2D eigenvalue weighted by Crippen LogP contribution is -2.06. The molecule has 2 aliphatic heterocycles. The monoisotopic (exact) mass is 974 g/mol. The number of H-pyrrole nitrogens is 2. The molecule has 9 rings (SSSR count). The van der Waals surface area contributed by atoms with Crippen molar-refractivity contribution < 1.29 is 87.8 Å². The number of hydrogen-bond donors (Lipinski definition) is 2. The quantitative estimate of drug-likeness (QED) is 0.105. The van der Waals surface area contributed by atoms with Crippen molar-refractivity contribution >= 4 is 46.4 Å². The van der Waals surface area contributed by atoms with Crippen LogP contribution in [-0.4, -0.2) is 19.9 Å². The van der Waals surface area contributed by atoms with Gasteiger partial charge in [0.2, 0.25) is 23.3 Å². The smallest absolute Gasteiger partial charge is 0.200 e. The summed E-state index contributed by atoms with van der Waals surface area (Å²) >= 11 is 0. The normalized spacial score (nSPS) is 12.3. The van der Waals surface area contributed by atoms with E-state index in [1.807, 2.05) is 0 Å². The number of aromatic amines is 2. The molecular formula is C44H10F20N4. The minimum atomic E-state index is -2.72. The average molecular weight is 975 g/mol. The van der Waals surface area contributed by atoms with E-state index in [9.17, 15) is 52.7 Å². The first kappa shape index (κ1) is 45.2. The molecule has 4 aromatic carbocycles. The Morgan fingerprint density at radius 2 is 0.353 bits per heavy atom. The van der Waals surface area contributed by atoms with Crippen molar-refractivity contribution in [2.24, 2.45) is 0 Å². The highest BCUT2D eigenvalue weighted by atomic mass is 19.2. The van der Waals surface area contributed by atoms with Crippen LogP contribution in [0.4, 0.5) is 87.8 Å². The van der Waals surface area contributed by atoms with Crippen LogP contribution >= 0.6 is 0 Å². The van der Waals surface area contributed by atoms with Gasteiger partial charge in [-0.25, -0.2) is 97.8 Å². The highest BCUT2D eigenvalue weighted by Gasteiger charge is 2.35. The van der Waals surface area contributed by atoms with Gasteiger partial charge in [-0.15, -0.1) is 0 Å². The number of rotatable bonds is 4. The van der Waals surface area contributed by atoms with Gasteiger partial charge in [-0.3, -0.25) is 0 Å². The van der Waals surface area contributed by atoms with Gasteiger partial charge in [0.1, 0.15) is 0 Å². The Morgan fingerprint density at radius 1 is 0.206 bits per heavy atom. The maximum absolute atomic E-state index is 15.8. The summed E-state index contributed by atoms with van der Waals surface area (Å²) in [4.78, 5) is 12.3. The molecule has 0 atom stereocenters. The molecule has 0 unspecified atom stereocenters. The molecule has 2 N–H and O–H groups in total. The Bertz CT molecular complexity index is 3120. The second kappa shape index (κ2) is 15.9. The van der Waals surface area contributed by atoms with Crippen LogP contribution in [-0.2, 0) is 0 Å². The van der Waals surface area contributed by atoms with Crippen LogP contribution in [0.2, 0.25) is 0 Å². The molecule has 8 bridgehead atoms. The van der Waals surface area contributed by atoms with Crippen LogP contribution in [0, 0.1) is 116 Å². The van der Waals surface area contributed by atoms with Gasteiger partial charge in [0.25, 0.3) is 0 Å². The van der Waals surface area contributed by atoms with E-state index in [2.05, 4.69) is 19.9 Å². The number of fused-ring (bicyclic) bond motifs is 8. The molecule has 0 saturated heterocycles. The van der Waals surface area contributed by atoms with Crippen LogP contribution in [0.15, 0.2) is 24.3 Å². The van der Waals surface area contributed by atoms with E-state index in [-0.39, 0.29) is 0 Å². The van der Waals surface area contributed by atoms with Crippen molar-refractivity contribution in [2.45, 2.75) is 0 Å². The van der Waals surface area contributed by atoms with E-state index >= 15 is 35.1 Å². The van der Waals surface area contributed by atoms with E-state index in [0.29, 0.717) is 48.6 Å². The third-order valence-electron chi connectivity index (χ3n) is 10.6. The van der Waals surface area contributed by atoms with Crippen LogP contribution in [0.1, 0.15) is 22.8 Å². The van der Waals surface area contributed by atoms with Crippen molar-refractivity contribution in [3.8, 4) is 44.5 Å². The van der Waals surface area contributed by atoms with Crippen LogP contribution in [0.5, 0.6) is 0 Å². The predicted octanol–water partition coefficient (Wildman–Crippen LogP) is 14.1. The Balaban J connectivity index is 1.60. The first-order chi connectivity index (χ1) is 32.1. The van der Waals surface area contributed by atoms with Crippen molar-refractivity contribution in [3.05, 3.63) is 163 Å². The molecule has 0 spiro atoms. The standard InChI is InChI=1S/C44H10F20N4/c45-25-21(26(46)34(54)41(61)33(25)53)17-9-1-2-10(65-9)18(22-27(47)35(55)42(62)36(56)28(22)48)12-5-6-14(67-12)20(24-31(51)39(59)44(64)40(60)32(24)52)16-8-7-15(68-16)19(13-4-3-11(17)66-13)23-29(49)37(57)43(63)38(58)30(23)50/h1-8,65,68H. The topological polar surface area (TPSA) is 57.4 Å². The highest BCUT2D eigenvalue weighted by Crippen LogP contribution is 2.44. The lowest BCUT2D eigenvalue weighted by molar-refractivity contribution is 0.381. The van der Waals surface area contributed by atoms with Gasteiger partial charge in [-0.1, -0.05) is 0 Å². The van der Waals surface area contributed by atoms with E-state index in [1.165, 1.54) is 0 Å². The molecular weight excluding hydrogens is 964 g/mol. The fourth-order valence-corrected chi connectivity index (χ4v) is 7.56. The fourth-order valence-electron chi connectivity index (χ4n) is 7.56. The summed E-state index contributed by atoms with van der Waals surface area (Å²) in [5.74, 6) is -52.6. The zero-order valence-electron chi connectivity index (χ0n) is 32.1. The van der Waals surface area contributed by atoms with Crippen molar-refractivity contribution in [1.82, 2.24) is 19.9 Å². The minimum Gasteiger partial charge on any atom is -0.354 e. The summed E-state index contributed by atoms with van der Waals surface area (Å²) in [7, 11) is 0. The molecule has 2 aliphatic rings. The Labute approximate surface area is 361 Å². The van der Waals surface area contributed by atoms with E-state index in [4.69, 9.17) is 0 Å². The number of benzene rings is 4.